The lowest BCUT2D eigenvalue weighted by Crippen LogP contribution is -2.38. The van der Waals surface area contributed by atoms with Crippen LogP contribution in [0.3, 0.4) is 0 Å². The predicted octanol–water partition coefficient (Wildman–Crippen LogP) is 2.00. The standard InChI is InChI=1S/C14H20N2O3/c1-4-16(5-2)14(18)11(3)19-15-10-12-8-6-7-9-13(12)17/h6-11,17H,4-5H2,1-3H3/b15-10-/t11-/m0/s1. The zero-order valence-electron chi connectivity index (χ0n) is 11.5. The number of amides is 1. The number of carbonyl (C=O) groups is 1. The van der Waals surface area contributed by atoms with Crippen LogP contribution in [0.2, 0.25) is 0 Å². The molecule has 0 fully saturated rings. The first-order valence-corrected chi connectivity index (χ1v) is 6.36. The first kappa shape index (κ1) is 15.0. The summed E-state index contributed by atoms with van der Waals surface area (Å²) >= 11 is 0. The van der Waals surface area contributed by atoms with Crippen LogP contribution in [0.25, 0.3) is 0 Å². The van der Waals surface area contributed by atoms with E-state index in [1.165, 1.54) is 6.21 Å². The van der Waals surface area contributed by atoms with E-state index in [2.05, 4.69) is 5.16 Å². The van der Waals surface area contributed by atoms with E-state index in [1.54, 1.807) is 36.1 Å². The van der Waals surface area contributed by atoms with Crippen LogP contribution in [0.1, 0.15) is 26.3 Å². The smallest absolute Gasteiger partial charge is 0.266 e. The molecule has 1 atom stereocenters. The molecule has 1 aromatic carbocycles. The minimum Gasteiger partial charge on any atom is -0.507 e. The molecule has 1 aromatic rings. The fraction of sp³-hybridized carbons (Fsp3) is 0.429. The zero-order valence-corrected chi connectivity index (χ0v) is 11.5. The Labute approximate surface area is 113 Å². The summed E-state index contributed by atoms with van der Waals surface area (Å²) in [4.78, 5) is 18.7. The maximum absolute atomic E-state index is 11.9. The monoisotopic (exact) mass is 264 g/mol. The second-order valence-corrected chi connectivity index (χ2v) is 4.05. The van der Waals surface area contributed by atoms with Crippen LogP contribution in [0, 0.1) is 0 Å². The van der Waals surface area contributed by atoms with Gasteiger partial charge in [0.05, 0.1) is 6.21 Å². The van der Waals surface area contributed by atoms with Crippen LogP contribution in [-0.4, -0.2) is 41.3 Å². The molecule has 1 amide bonds. The Morgan fingerprint density at radius 1 is 1.42 bits per heavy atom. The van der Waals surface area contributed by atoms with Crippen molar-refractivity contribution in [3.05, 3.63) is 29.8 Å². The van der Waals surface area contributed by atoms with Crippen LogP contribution in [-0.2, 0) is 9.63 Å². The van der Waals surface area contributed by atoms with Gasteiger partial charge in [0.25, 0.3) is 5.91 Å². The molecule has 0 aliphatic rings. The van der Waals surface area contributed by atoms with Gasteiger partial charge in [0.15, 0.2) is 0 Å². The molecule has 0 spiro atoms. The summed E-state index contributed by atoms with van der Waals surface area (Å²) in [6.45, 7) is 6.78. The maximum atomic E-state index is 11.9. The largest absolute Gasteiger partial charge is 0.507 e. The quantitative estimate of drug-likeness (QED) is 0.631. The molecule has 0 aliphatic heterocycles. The third-order valence-electron chi connectivity index (χ3n) is 2.77. The van der Waals surface area contributed by atoms with Gasteiger partial charge in [-0.3, -0.25) is 4.79 Å². The number of benzene rings is 1. The normalized spacial score (nSPS) is 12.4. The number of aromatic hydroxyl groups is 1. The number of nitrogens with zero attached hydrogens (tertiary/aromatic N) is 2. The highest BCUT2D eigenvalue weighted by molar-refractivity contribution is 5.83. The summed E-state index contributed by atoms with van der Waals surface area (Å²) in [5.74, 6) is 0.0250. The summed E-state index contributed by atoms with van der Waals surface area (Å²) in [7, 11) is 0. The van der Waals surface area contributed by atoms with Gasteiger partial charge in [0.2, 0.25) is 6.10 Å². The molecule has 5 nitrogen and oxygen atoms in total. The van der Waals surface area contributed by atoms with Crippen LogP contribution < -0.4 is 0 Å². The molecule has 0 heterocycles. The molecule has 0 saturated carbocycles. The average Bonchev–Trinajstić information content (AvgIpc) is 2.42. The fourth-order valence-corrected chi connectivity index (χ4v) is 1.61. The van der Waals surface area contributed by atoms with E-state index in [0.29, 0.717) is 18.7 Å². The Kier molecular flexibility index (Phi) is 5.85. The molecule has 104 valence electrons. The molecular weight excluding hydrogens is 244 g/mol. The van der Waals surface area contributed by atoms with Crippen molar-refractivity contribution < 1.29 is 14.7 Å². The summed E-state index contributed by atoms with van der Waals surface area (Å²) < 4.78 is 0. The van der Waals surface area contributed by atoms with Crippen molar-refractivity contribution in [3.63, 3.8) is 0 Å². The van der Waals surface area contributed by atoms with Gasteiger partial charge in [0.1, 0.15) is 5.75 Å². The number of likely N-dealkylation sites (N-methyl/N-ethyl adjacent to an activating group) is 1. The van der Waals surface area contributed by atoms with Crippen molar-refractivity contribution >= 4 is 12.1 Å². The lowest BCUT2D eigenvalue weighted by atomic mass is 10.2. The third-order valence-corrected chi connectivity index (χ3v) is 2.77. The van der Waals surface area contributed by atoms with Gasteiger partial charge in [-0.05, 0) is 32.9 Å². The summed E-state index contributed by atoms with van der Waals surface area (Å²) in [6, 6.07) is 6.77. The molecule has 5 heteroatoms. The molecule has 1 rings (SSSR count). The highest BCUT2D eigenvalue weighted by Gasteiger charge is 2.19. The molecule has 0 bridgehead atoms. The Balaban J connectivity index is 2.57. The Morgan fingerprint density at radius 3 is 2.63 bits per heavy atom. The second kappa shape index (κ2) is 7.41. The number of phenolic OH excluding ortho intramolecular Hbond substituents is 1. The van der Waals surface area contributed by atoms with Crippen molar-refractivity contribution in [3.8, 4) is 5.75 Å². The SMILES string of the molecule is CCN(CC)C(=O)[C@H](C)O/N=C\c1ccccc1O. The fourth-order valence-electron chi connectivity index (χ4n) is 1.61. The van der Waals surface area contributed by atoms with Gasteiger partial charge in [-0.15, -0.1) is 0 Å². The Hall–Kier alpha value is -2.04. The van der Waals surface area contributed by atoms with E-state index in [4.69, 9.17) is 4.84 Å². The summed E-state index contributed by atoms with van der Waals surface area (Å²) in [5.41, 5.74) is 0.546. The van der Waals surface area contributed by atoms with Crippen molar-refractivity contribution in [1.82, 2.24) is 4.90 Å². The van der Waals surface area contributed by atoms with Crippen molar-refractivity contribution in [2.45, 2.75) is 26.9 Å². The van der Waals surface area contributed by atoms with Crippen LogP contribution in [0.4, 0.5) is 0 Å². The van der Waals surface area contributed by atoms with Gasteiger partial charge in [0, 0.05) is 18.7 Å². The highest BCUT2D eigenvalue weighted by Crippen LogP contribution is 2.12. The Bertz CT molecular complexity index is 442. The van der Waals surface area contributed by atoms with Gasteiger partial charge in [-0.2, -0.15) is 0 Å². The number of rotatable bonds is 6. The number of hydrogen-bond acceptors (Lipinski definition) is 4. The molecule has 1 N–H and O–H groups in total. The minimum absolute atomic E-state index is 0.0977. The van der Waals surface area contributed by atoms with Gasteiger partial charge in [-0.25, -0.2) is 0 Å². The maximum Gasteiger partial charge on any atom is 0.266 e. The molecule has 0 saturated heterocycles. The number of oxime groups is 1. The number of phenols is 1. The van der Waals surface area contributed by atoms with Crippen molar-refractivity contribution in [1.29, 1.82) is 0 Å². The van der Waals surface area contributed by atoms with E-state index >= 15 is 0 Å². The summed E-state index contributed by atoms with van der Waals surface area (Å²) in [5, 5.41) is 13.3. The third kappa shape index (κ3) is 4.28. The van der Waals surface area contributed by atoms with Crippen LogP contribution in [0.5, 0.6) is 5.75 Å². The molecule has 0 aromatic heterocycles. The zero-order chi connectivity index (χ0) is 14.3. The van der Waals surface area contributed by atoms with E-state index in [0.717, 1.165) is 0 Å². The van der Waals surface area contributed by atoms with Crippen molar-refractivity contribution in [2.24, 2.45) is 5.16 Å². The second-order valence-electron chi connectivity index (χ2n) is 4.05. The van der Waals surface area contributed by atoms with Gasteiger partial charge < -0.3 is 14.8 Å². The minimum atomic E-state index is -0.637. The summed E-state index contributed by atoms with van der Waals surface area (Å²) in [6.07, 6.45) is 0.753. The number of para-hydroxylation sites is 1. The van der Waals surface area contributed by atoms with E-state index in [9.17, 15) is 9.90 Å². The molecular formula is C14H20N2O3. The van der Waals surface area contributed by atoms with Crippen LogP contribution in [0.15, 0.2) is 29.4 Å². The molecule has 0 radical (unpaired) electrons. The topological polar surface area (TPSA) is 62.1 Å². The predicted molar refractivity (Wildman–Crippen MR) is 74.2 cm³/mol. The molecule has 0 aliphatic carbocycles. The highest BCUT2D eigenvalue weighted by atomic mass is 16.6. The Morgan fingerprint density at radius 2 is 2.05 bits per heavy atom. The molecule has 19 heavy (non-hydrogen) atoms. The number of carbonyl (C=O) groups excluding carboxylic acids is 1. The lowest BCUT2D eigenvalue weighted by molar-refractivity contribution is -0.142. The van der Waals surface area contributed by atoms with E-state index in [-0.39, 0.29) is 11.7 Å². The average molecular weight is 264 g/mol. The van der Waals surface area contributed by atoms with Gasteiger partial charge >= 0.3 is 0 Å². The lowest BCUT2D eigenvalue weighted by Gasteiger charge is -2.21. The van der Waals surface area contributed by atoms with Gasteiger partial charge in [-0.1, -0.05) is 17.3 Å². The van der Waals surface area contributed by atoms with E-state index < -0.39 is 6.10 Å². The van der Waals surface area contributed by atoms with Crippen molar-refractivity contribution in [2.75, 3.05) is 13.1 Å². The van der Waals surface area contributed by atoms with Crippen LogP contribution >= 0.6 is 0 Å². The first-order valence-electron chi connectivity index (χ1n) is 6.36. The van der Waals surface area contributed by atoms with E-state index in [1.807, 2.05) is 13.8 Å². The first-order chi connectivity index (χ1) is 9.10. The molecule has 0 unspecified atom stereocenters. The number of hydrogen-bond donors (Lipinski definition) is 1.